The minimum atomic E-state index is -1.08. The van der Waals surface area contributed by atoms with Gasteiger partial charge in [0.2, 0.25) is 5.91 Å². The average molecular weight is 424 g/mol. The van der Waals surface area contributed by atoms with E-state index in [0.29, 0.717) is 0 Å². The van der Waals surface area contributed by atoms with E-state index in [2.05, 4.69) is 16.0 Å². The summed E-state index contributed by atoms with van der Waals surface area (Å²) in [6, 6.07) is 6.28. The Morgan fingerprint density at radius 2 is 1.62 bits per heavy atom. The van der Waals surface area contributed by atoms with Gasteiger partial charge in [0.1, 0.15) is 23.2 Å². The molecule has 9 heteroatoms. The fourth-order valence-electron chi connectivity index (χ4n) is 2.59. The van der Waals surface area contributed by atoms with Crippen LogP contribution in [0.4, 0.5) is 14.5 Å². The van der Waals surface area contributed by atoms with Crippen molar-refractivity contribution >= 4 is 35.0 Å². The number of rotatable bonds is 6. The second-order valence-corrected chi connectivity index (χ2v) is 6.96. The fraction of sp³-hybridized carbons (Fsp3) is 0.250. The van der Waals surface area contributed by atoms with Gasteiger partial charge in [-0.25, -0.2) is 8.78 Å². The van der Waals surface area contributed by atoms with Crippen LogP contribution in [0.3, 0.4) is 0 Å². The van der Waals surface area contributed by atoms with Gasteiger partial charge in [-0.1, -0.05) is 31.5 Å². The number of hydrogen-bond donors (Lipinski definition) is 3. The van der Waals surface area contributed by atoms with Crippen LogP contribution in [-0.2, 0) is 4.79 Å². The van der Waals surface area contributed by atoms with E-state index in [1.807, 2.05) is 0 Å². The van der Waals surface area contributed by atoms with Gasteiger partial charge < -0.3 is 16.0 Å². The molecule has 3 amide bonds. The molecule has 0 aliphatic rings. The van der Waals surface area contributed by atoms with E-state index in [0.717, 1.165) is 18.2 Å². The molecule has 0 aromatic heterocycles. The van der Waals surface area contributed by atoms with Crippen LogP contribution >= 0.6 is 11.6 Å². The monoisotopic (exact) mass is 423 g/mol. The van der Waals surface area contributed by atoms with Crippen molar-refractivity contribution in [3.05, 3.63) is 64.2 Å². The molecule has 3 N–H and O–H groups in total. The van der Waals surface area contributed by atoms with Crippen molar-refractivity contribution in [2.75, 3.05) is 12.4 Å². The molecular weight excluding hydrogens is 404 g/mol. The summed E-state index contributed by atoms with van der Waals surface area (Å²) < 4.78 is 27.7. The molecule has 1 atom stereocenters. The van der Waals surface area contributed by atoms with Crippen LogP contribution in [0.2, 0.25) is 5.02 Å². The maximum atomic E-state index is 13.8. The van der Waals surface area contributed by atoms with E-state index < -0.39 is 41.0 Å². The van der Waals surface area contributed by atoms with E-state index in [1.54, 1.807) is 13.8 Å². The van der Waals surface area contributed by atoms with Crippen LogP contribution in [-0.4, -0.2) is 30.8 Å². The van der Waals surface area contributed by atoms with Gasteiger partial charge in [-0.15, -0.1) is 0 Å². The van der Waals surface area contributed by atoms with Crippen molar-refractivity contribution in [3.63, 3.8) is 0 Å². The summed E-state index contributed by atoms with van der Waals surface area (Å²) in [4.78, 5) is 36.9. The van der Waals surface area contributed by atoms with E-state index in [-0.39, 0.29) is 22.2 Å². The molecule has 0 fully saturated rings. The predicted octanol–water partition coefficient (Wildman–Crippen LogP) is 3.37. The molecule has 6 nitrogen and oxygen atoms in total. The fourth-order valence-corrected chi connectivity index (χ4v) is 2.80. The van der Waals surface area contributed by atoms with Crippen LogP contribution in [0.25, 0.3) is 0 Å². The number of hydrogen-bond acceptors (Lipinski definition) is 3. The van der Waals surface area contributed by atoms with Gasteiger partial charge in [0.15, 0.2) is 0 Å². The van der Waals surface area contributed by atoms with Crippen LogP contribution in [0.1, 0.15) is 34.6 Å². The number of carbonyl (C=O) groups excluding carboxylic acids is 3. The van der Waals surface area contributed by atoms with Gasteiger partial charge in [-0.3, -0.25) is 14.4 Å². The van der Waals surface area contributed by atoms with E-state index >= 15 is 0 Å². The summed E-state index contributed by atoms with van der Waals surface area (Å²) in [5.41, 5.74) is -0.333. The lowest BCUT2D eigenvalue weighted by atomic mass is 10.0. The largest absolute Gasteiger partial charge is 0.355 e. The number of amides is 3. The first-order valence-electron chi connectivity index (χ1n) is 8.73. The Hall–Kier alpha value is -3.00. The van der Waals surface area contributed by atoms with Crippen molar-refractivity contribution in [2.45, 2.75) is 19.9 Å². The van der Waals surface area contributed by atoms with Crippen LogP contribution < -0.4 is 16.0 Å². The highest BCUT2D eigenvalue weighted by molar-refractivity contribution is 6.34. The Balaban J connectivity index is 2.22. The summed E-state index contributed by atoms with van der Waals surface area (Å²) in [5, 5.41) is 7.57. The number of carbonyl (C=O) groups is 3. The second kappa shape index (κ2) is 9.47. The Bertz CT molecular complexity index is 930. The topological polar surface area (TPSA) is 87.3 Å². The molecule has 0 saturated carbocycles. The van der Waals surface area contributed by atoms with Gasteiger partial charge in [0, 0.05) is 12.7 Å². The minimum Gasteiger partial charge on any atom is -0.355 e. The summed E-state index contributed by atoms with van der Waals surface area (Å²) in [6.45, 7) is 3.33. The Kier molecular flexibility index (Phi) is 7.28. The maximum absolute atomic E-state index is 13.8. The molecule has 0 heterocycles. The van der Waals surface area contributed by atoms with Crippen LogP contribution in [0, 0.1) is 17.6 Å². The summed E-state index contributed by atoms with van der Waals surface area (Å²) in [7, 11) is 1.44. The first-order valence-corrected chi connectivity index (χ1v) is 9.10. The molecule has 0 bridgehead atoms. The average Bonchev–Trinajstić information content (AvgIpc) is 2.66. The summed E-state index contributed by atoms with van der Waals surface area (Å²) in [5.74, 6) is -4.54. The molecule has 2 rings (SSSR count). The molecule has 0 aliphatic heterocycles. The number of benzene rings is 2. The highest BCUT2D eigenvalue weighted by atomic mass is 35.5. The lowest BCUT2D eigenvalue weighted by molar-refractivity contribution is -0.118. The highest BCUT2D eigenvalue weighted by Crippen LogP contribution is 2.21. The number of halogens is 3. The zero-order valence-electron chi connectivity index (χ0n) is 16.0. The first kappa shape index (κ1) is 22.3. The molecule has 0 saturated heterocycles. The Morgan fingerprint density at radius 3 is 2.17 bits per heavy atom. The molecule has 0 spiro atoms. The van der Waals surface area contributed by atoms with E-state index in [9.17, 15) is 23.2 Å². The molecule has 154 valence electrons. The SMILES string of the molecule is CNC(=O)c1cc(NC(=O)C(NC(=O)c2c(F)cccc2F)C(C)C)ccc1Cl. The zero-order valence-corrected chi connectivity index (χ0v) is 16.7. The van der Waals surface area contributed by atoms with Crippen molar-refractivity contribution in [3.8, 4) is 0 Å². The zero-order chi connectivity index (χ0) is 21.7. The molecule has 2 aromatic carbocycles. The normalized spacial score (nSPS) is 11.7. The molecule has 1 unspecified atom stereocenters. The Morgan fingerprint density at radius 1 is 1.00 bits per heavy atom. The van der Waals surface area contributed by atoms with Crippen molar-refractivity contribution in [2.24, 2.45) is 5.92 Å². The van der Waals surface area contributed by atoms with Crippen molar-refractivity contribution in [1.29, 1.82) is 0 Å². The lowest BCUT2D eigenvalue weighted by Crippen LogP contribution is -2.47. The van der Waals surface area contributed by atoms with E-state index in [1.165, 1.54) is 25.2 Å². The van der Waals surface area contributed by atoms with Gasteiger partial charge in [-0.05, 0) is 36.2 Å². The number of anilines is 1. The molecule has 0 radical (unpaired) electrons. The smallest absolute Gasteiger partial charge is 0.257 e. The second-order valence-electron chi connectivity index (χ2n) is 6.55. The van der Waals surface area contributed by atoms with Gasteiger partial charge in [-0.2, -0.15) is 0 Å². The third-order valence-corrected chi connectivity index (χ3v) is 4.46. The molecule has 2 aromatic rings. The van der Waals surface area contributed by atoms with E-state index in [4.69, 9.17) is 11.6 Å². The first-order chi connectivity index (χ1) is 13.6. The van der Waals surface area contributed by atoms with Gasteiger partial charge >= 0.3 is 0 Å². The molecule has 0 aliphatic carbocycles. The van der Waals surface area contributed by atoms with Crippen LogP contribution in [0.5, 0.6) is 0 Å². The Labute approximate surface area is 171 Å². The van der Waals surface area contributed by atoms with Crippen molar-refractivity contribution < 1.29 is 23.2 Å². The standard InChI is InChI=1S/C20H20ClF2N3O3/c1-10(2)17(26-19(28)16-14(22)5-4-6-15(16)23)20(29)25-11-7-8-13(21)12(9-11)18(27)24-3/h4-10,17H,1-3H3,(H,24,27)(H,25,29)(H,26,28). The summed E-state index contributed by atoms with van der Waals surface area (Å²) >= 11 is 5.98. The third kappa shape index (κ3) is 5.29. The van der Waals surface area contributed by atoms with Gasteiger partial charge in [0.05, 0.1) is 10.6 Å². The maximum Gasteiger partial charge on any atom is 0.257 e. The third-order valence-electron chi connectivity index (χ3n) is 4.13. The quantitative estimate of drug-likeness (QED) is 0.665. The minimum absolute atomic E-state index is 0.158. The molecule has 29 heavy (non-hydrogen) atoms. The highest BCUT2D eigenvalue weighted by Gasteiger charge is 2.27. The molecular formula is C20H20ClF2N3O3. The number of nitrogens with one attached hydrogen (secondary N) is 3. The van der Waals surface area contributed by atoms with Crippen LogP contribution in [0.15, 0.2) is 36.4 Å². The summed E-state index contributed by atoms with van der Waals surface area (Å²) in [6.07, 6.45) is 0. The predicted molar refractivity (Wildman–Crippen MR) is 106 cm³/mol. The lowest BCUT2D eigenvalue weighted by Gasteiger charge is -2.22. The van der Waals surface area contributed by atoms with Gasteiger partial charge in [0.25, 0.3) is 11.8 Å². The van der Waals surface area contributed by atoms with Crippen molar-refractivity contribution in [1.82, 2.24) is 10.6 Å².